The van der Waals surface area contributed by atoms with Crippen molar-refractivity contribution >= 4 is 48.8 Å². The van der Waals surface area contributed by atoms with Gasteiger partial charge >= 0.3 is 0 Å². The lowest BCUT2D eigenvalue weighted by Gasteiger charge is -2.10. The van der Waals surface area contributed by atoms with Crippen LogP contribution >= 0.6 is 33.9 Å². The number of methoxy groups -OCH3 is 1. The predicted molar refractivity (Wildman–Crippen MR) is 78.3 cm³/mol. The van der Waals surface area contributed by atoms with E-state index < -0.39 is 15.0 Å². The quantitative estimate of drug-likeness (QED) is 0.625. The molecule has 1 aromatic carbocycles. The molecule has 112 valence electrons. The zero-order valence-electron chi connectivity index (χ0n) is 10.5. The molecule has 0 fully saturated rings. The van der Waals surface area contributed by atoms with E-state index in [-0.39, 0.29) is 20.5 Å². The molecule has 1 N–H and O–H groups in total. The highest BCUT2D eigenvalue weighted by Gasteiger charge is 2.23. The first-order chi connectivity index (χ1) is 9.29. The Morgan fingerprint density at radius 1 is 1.35 bits per heavy atom. The number of carbonyl (C=O) groups excluding carboxylic acids is 1. The lowest BCUT2D eigenvalue weighted by atomic mass is 10.2. The lowest BCUT2D eigenvalue weighted by Crippen LogP contribution is -2.26. The second-order valence-electron chi connectivity index (χ2n) is 3.77. The molecule has 0 aromatic heterocycles. The van der Waals surface area contributed by atoms with Gasteiger partial charge in [0, 0.05) is 30.9 Å². The van der Waals surface area contributed by atoms with Gasteiger partial charge < -0.3 is 10.1 Å². The van der Waals surface area contributed by atoms with E-state index in [0.29, 0.717) is 19.6 Å². The number of hydrogen-bond acceptors (Lipinski definition) is 4. The fourth-order valence-corrected chi connectivity index (χ4v) is 3.33. The first-order valence-corrected chi connectivity index (χ1v) is 8.55. The molecule has 0 aliphatic heterocycles. The number of rotatable bonds is 6. The van der Waals surface area contributed by atoms with E-state index in [1.807, 2.05) is 0 Å². The Labute approximate surface area is 131 Å². The van der Waals surface area contributed by atoms with Crippen LogP contribution in [0.2, 0.25) is 10.0 Å². The maximum Gasteiger partial charge on any atom is 0.262 e. The SMILES string of the molecule is COCCCNC(=O)c1c(Cl)ccc(S(=O)(=O)Cl)c1Cl. The number of halogens is 3. The van der Waals surface area contributed by atoms with E-state index in [9.17, 15) is 13.2 Å². The van der Waals surface area contributed by atoms with Crippen molar-refractivity contribution in [3.05, 3.63) is 27.7 Å². The minimum atomic E-state index is -4.05. The standard InChI is InChI=1S/C11H12Cl3NO4S/c1-19-6-2-5-15-11(16)9-7(12)3-4-8(10(9)13)20(14,17)18/h3-4H,2,5-6H2,1H3,(H,15,16). The fraction of sp³-hybridized carbons (Fsp3) is 0.364. The van der Waals surface area contributed by atoms with Crippen molar-refractivity contribution in [2.75, 3.05) is 20.3 Å². The molecular formula is C11H12Cl3NO4S. The van der Waals surface area contributed by atoms with Gasteiger partial charge in [0.05, 0.1) is 15.6 Å². The Morgan fingerprint density at radius 2 is 2.00 bits per heavy atom. The summed E-state index contributed by atoms with van der Waals surface area (Å²) in [6.07, 6.45) is 0.602. The summed E-state index contributed by atoms with van der Waals surface area (Å²) in [7, 11) is 2.73. The third-order valence-electron chi connectivity index (χ3n) is 2.36. The summed E-state index contributed by atoms with van der Waals surface area (Å²) < 4.78 is 27.5. The van der Waals surface area contributed by atoms with Crippen molar-refractivity contribution in [3.8, 4) is 0 Å². The van der Waals surface area contributed by atoms with Gasteiger partial charge in [-0.1, -0.05) is 23.2 Å². The van der Waals surface area contributed by atoms with Crippen LogP contribution in [0.25, 0.3) is 0 Å². The molecule has 0 saturated heterocycles. The van der Waals surface area contributed by atoms with E-state index in [1.165, 1.54) is 6.07 Å². The smallest absolute Gasteiger partial charge is 0.262 e. The maximum atomic E-state index is 12.0. The molecule has 0 unspecified atom stereocenters. The molecule has 0 radical (unpaired) electrons. The van der Waals surface area contributed by atoms with Crippen LogP contribution < -0.4 is 5.32 Å². The zero-order chi connectivity index (χ0) is 15.3. The van der Waals surface area contributed by atoms with Gasteiger partial charge in [0.25, 0.3) is 15.0 Å². The summed E-state index contributed by atoms with van der Waals surface area (Å²) in [5.41, 5.74) is -0.118. The van der Waals surface area contributed by atoms with Crippen molar-refractivity contribution in [1.29, 1.82) is 0 Å². The van der Waals surface area contributed by atoms with Crippen LogP contribution in [0.4, 0.5) is 0 Å². The molecule has 0 atom stereocenters. The van der Waals surface area contributed by atoms with Crippen LogP contribution in [0.1, 0.15) is 16.8 Å². The summed E-state index contributed by atoms with van der Waals surface area (Å²) in [6.45, 7) is 0.828. The summed E-state index contributed by atoms with van der Waals surface area (Å²) in [5, 5.41) is 2.32. The van der Waals surface area contributed by atoms with Crippen LogP contribution in [0.5, 0.6) is 0 Å². The van der Waals surface area contributed by atoms with Crippen LogP contribution in [-0.2, 0) is 13.8 Å². The molecule has 0 heterocycles. The monoisotopic (exact) mass is 359 g/mol. The molecule has 1 rings (SSSR count). The molecule has 5 nitrogen and oxygen atoms in total. The van der Waals surface area contributed by atoms with Gasteiger partial charge in [-0.3, -0.25) is 4.79 Å². The van der Waals surface area contributed by atoms with Gasteiger partial charge in [-0.05, 0) is 18.6 Å². The average Bonchev–Trinajstić information content (AvgIpc) is 2.33. The summed E-state index contributed by atoms with van der Waals surface area (Å²) in [4.78, 5) is 11.6. The molecular weight excluding hydrogens is 349 g/mol. The highest BCUT2D eigenvalue weighted by Crippen LogP contribution is 2.32. The number of amides is 1. The Balaban J connectivity index is 3.03. The van der Waals surface area contributed by atoms with E-state index >= 15 is 0 Å². The molecule has 9 heteroatoms. The maximum absolute atomic E-state index is 12.0. The number of hydrogen-bond donors (Lipinski definition) is 1. The van der Waals surface area contributed by atoms with Crippen molar-refractivity contribution < 1.29 is 17.9 Å². The van der Waals surface area contributed by atoms with Crippen LogP contribution in [-0.4, -0.2) is 34.6 Å². The highest BCUT2D eigenvalue weighted by atomic mass is 35.7. The Kier molecular flexibility index (Phi) is 6.54. The lowest BCUT2D eigenvalue weighted by molar-refractivity contribution is 0.0948. The minimum Gasteiger partial charge on any atom is -0.385 e. The normalized spacial score (nSPS) is 11.4. The number of carbonyl (C=O) groups is 1. The molecule has 0 bridgehead atoms. The molecule has 0 aliphatic carbocycles. The van der Waals surface area contributed by atoms with Crippen LogP contribution in [0.15, 0.2) is 17.0 Å². The average molecular weight is 361 g/mol. The molecule has 1 amide bonds. The second kappa shape index (κ2) is 7.47. The Bertz CT molecular complexity index is 604. The van der Waals surface area contributed by atoms with E-state index in [2.05, 4.69) is 5.32 Å². The fourth-order valence-electron chi connectivity index (χ4n) is 1.44. The molecule has 20 heavy (non-hydrogen) atoms. The van der Waals surface area contributed by atoms with Gasteiger partial charge in [0.15, 0.2) is 0 Å². The molecule has 0 spiro atoms. The summed E-state index contributed by atoms with van der Waals surface area (Å²) in [6, 6.07) is 2.40. The van der Waals surface area contributed by atoms with Gasteiger partial charge in [-0.2, -0.15) is 0 Å². The largest absolute Gasteiger partial charge is 0.385 e. The highest BCUT2D eigenvalue weighted by molar-refractivity contribution is 8.13. The second-order valence-corrected chi connectivity index (χ2v) is 7.09. The van der Waals surface area contributed by atoms with Crippen molar-refractivity contribution in [3.63, 3.8) is 0 Å². The van der Waals surface area contributed by atoms with Gasteiger partial charge in [0.2, 0.25) is 0 Å². The van der Waals surface area contributed by atoms with E-state index in [1.54, 1.807) is 7.11 Å². The van der Waals surface area contributed by atoms with E-state index in [0.717, 1.165) is 6.07 Å². The third kappa shape index (κ3) is 4.49. The third-order valence-corrected chi connectivity index (χ3v) is 4.54. The Morgan fingerprint density at radius 3 is 2.55 bits per heavy atom. The number of benzene rings is 1. The first kappa shape index (κ1) is 17.5. The minimum absolute atomic E-state index is 0.0447. The zero-order valence-corrected chi connectivity index (χ0v) is 13.5. The van der Waals surface area contributed by atoms with E-state index in [4.69, 9.17) is 38.6 Å². The molecule has 0 aliphatic rings. The predicted octanol–water partition coefficient (Wildman–Crippen LogP) is 2.69. The van der Waals surface area contributed by atoms with Crippen molar-refractivity contribution in [1.82, 2.24) is 5.32 Å². The van der Waals surface area contributed by atoms with Crippen molar-refractivity contribution in [2.24, 2.45) is 0 Å². The van der Waals surface area contributed by atoms with Crippen LogP contribution in [0, 0.1) is 0 Å². The first-order valence-electron chi connectivity index (χ1n) is 5.49. The molecule has 1 aromatic rings. The van der Waals surface area contributed by atoms with Gasteiger partial charge in [-0.25, -0.2) is 8.42 Å². The number of ether oxygens (including phenoxy) is 1. The summed E-state index contributed by atoms with van der Waals surface area (Å²) in [5.74, 6) is -0.571. The van der Waals surface area contributed by atoms with Crippen LogP contribution in [0.3, 0.4) is 0 Å². The van der Waals surface area contributed by atoms with Gasteiger partial charge in [-0.15, -0.1) is 0 Å². The number of nitrogens with one attached hydrogen (secondary N) is 1. The summed E-state index contributed by atoms with van der Waals surface area (Å²) >= 11 is 11.8. The molecule has 0 saturated carbocycles. The van der Waals surface area contributed by atoms with Gasteiger partial charge in [0.1, 0.15) is 4.90 Å². The Hall–Kier alpha value is -0.530. The topological polar surface area (TPSA) is 72.5 Å². The van der Waals surface area contributed by atoms with Crippen molar-refractivity contribution in [2.45, 2.75) is 11.3 Å².